The van der Waals surface area contributed by atoms with Crippen LogP contribution in [0.3, 0.4) is 0 Å². The van der Waals surface area contributed by atoms with Crippen molar-refractivity contribution in [3.8, 4) is 0 Å². The van der Waals surface area contributed by atoms with E-state index in [2.05, 4.69) is 10.1 Å². The highest BCUT2D eigenvalue weighted by atomic mass is 19.1. The molecular formula is C14H17FN2O4. The number of ether oxygens (including phenoxy) is 2. The number of nitrogens with one attached hydrogen (secondary N) is 1. The molecule has 0 aliphatic carbocycles. The molecule has 0 saturated carbocycles. The first-order valence-electron chi connectivity index (χ1n) is 6.52. The summed E-state index contributed by atoms with van der Waals surface area (Å²) < 4.78 is 23.0. The van der Waals surface area contributed by atoms with Crippen LogP contribution in [0, 0.1) is 5.82 Å². The van der Waals surface area contributed by atoms with Gasteiger partial charge in [0, 0.05) is 13.2 Å². The number of hydrogen-bond donors (Lipinski definition) is 2. The van der Waals surface area contributed by atoms with Gasteiger partial charge in [-0.25, -0.2) is 9.18 Å². The Balaban J connectivity index is 2.22. The summed E-state index contributed by atoms with van der Waals surface area (Å²) in [6.07, 6.45) is 0.765. The Kier molecular flexibility index (Phi) is 4.54. The lowest BCUT2D eigenvalue weighted by molar-refractivity contribution is -0.124. The number of carbonyl (C=O) groups is 2. The molecule has 0 bridgehead atoms. The van der Waals surface area contributed by atoms with Crippen molar-refractivity contribution in [3.05, 3.63) is 29.6 Å². The number of nitrogens with two attached hydrogens (primary N) is 1. The highest BCUT2D eigenvalue weighted by Gasteiger charge is 2.36. The lowest BCUT2D eigenvalue weighted by Gasteiger charge is -2.31. The Labute approximate surface area is 121 Å². The van der Waals surface area contributed by atoms with Crippen LogP contribution in [0.1, 0.15) is 23.2 Å². The van der Waals surface area contributed by atoms with Crippen LogP contribution in [0.2, 0.25) is 0 Å². The third-order valence-electron chi connectivity index (χ3n) is 3.47. The van der Waals surface area contributed by atoms with Crippen LogP contribution in [0.5, 0.6) is 0 Å². The van der Waals surface area contributed by atoms with Crippen molar-refractivity contribution in [2.24, 2.45) is 5.73 Å². The minimum atomic E-state index is -1.06. The van der Waals surface area contributed by atoms with Crippen molar-refractivity contribution in [2.45, 2.75) is 18.4 Å². The summed E-state index contributed by atoms with van der Waals surface area (Å²) in [5.41, 5.74) is 5.12. The molecule has 1 aliphatic heterocycles. The van der Waals surface area contributed by atoms with Gasteiger partial charge in [-0.15, -0.1) is 0 Å². The summed E-state index contributed by atoms with van der Waals surface area (Å²) in [6, 6.07) is 3.46. The molecule has 1 amide bonds. The molecule has 0 atom stereocenters. The third kappa shape index (κ3) is 3.37. The number of benzene rings is 1. The van der Waals surface area contributed by atoms with Gasteiger partial charge in [0.1, 0.15) is 11.4 Å². The largest absolute Gasteiger partial charge is 0.465 e. The number of methoxy groups -OCH3 is 1. The Hall–Kier alpha value is -1.99. The summed E-state index contributed by atoms with van der Waals surface area (Å²) in [6.45, 7) is 0.800. The Morgan fingerprint density at radius 1 is 1.38 bits per heavy atom. The highest BCUT2D eigenvalue weighted by molar-refractivity contribution is 6.04. The summed E-state index contributed by atoms with van der Waals surface area (Å²) >= 11 is 0. The van der Waals surface area contributed by atoms with Gasteiger partial charge in [-0.1, -0.05) is 0 Å². The molecule has 0 aromatic heterocycles. The SMILES string of the molecule is COC(=O)c1cc(F)ccc1NC(=O)C1(N)CCOCC1. The van der Waals surface area contributed by atoms with E-state index in [1.807, 2.05) is 0 Å². The first-order chi connectivity index (χ1) is 9.96. The van der Waals surface area contributed by atoms with Crippen LogP contribution in [0.4, 0.5) is 10.1 Å². The van der Waals surface area contributed by atoms with Crippen molar-refractivity contribution in [3.63, 3.8) is 0 Å². The lowest BCUT2D eigenvalue weighted by Crippen LogP contribution is -2.54. The summed E-state index contributed by atoms with van der Waals surface area (Å²) in [7, 11) is 1.18. The molecule has 0 radical (unpaired) electrons. The molecule has 1 fully saturated rings. The van der Waals surface area contributed by atoms with E-state index in [4.69, 9.17) is 10.5 Å². The second-order valence-corrected chi connectivity index (χ2v) is 4.90. The van der Waals surface area contributed by atoms with E-state index in [1.165, 1.54) is 13.2 Å². The monoisotopic (exact) mass is 296 g/mol. The Bertz CT molecular complexity index is 556. The molecule has 0 unspecified atom stereocenters. The zero-order valence-electron chi connectivity index (χ0n) is 11.6. The third-order valence-corrected chi connectivity index (χ3v) is 3.47. The maximum absolute atomic E-state index is 13.2. The zero-order chi connectivity index (χ0) is 15.5. The van der Waals surface area contributed by atoms with Crippen molar-refractivity contribution < 1.29 is 23.5 Å². The molecule has 114 valence electrons. The molecule has 3 N–H and O–H groups in total. The first-order valence-corrected chi connectivity index (χ1v) is 6.52. The zero-order valence-corrected chi connectivity index (χ0v) is 11.6. The predicted molar refractivity (Wildman–Crippen MR) is 73.3 cm³/mol. The van der Waals surface area contributed by atoms with E-state index in [-0.39, 0.29) is 11.3 Å². The number of amides is 1. The lowest BCUT2D eigenvalue weighted by atomic mass is 9.90. The first kappa shape index (κ1) is 15.4. The summed E-state index contributed by atoms with van der Waals surface area (Å²) in [5, 5.41) is 2.58. The van der Waals surface area contributed by atoms with E-state index in [0.717, 1.165) is 12.1 Å². The maximum atomic E-state index is 13.2. The molecule has 0 spiro atoms. The van der Waals surface area contributed by atoms with Crippen LogP contribution in [0.15, 0.2) is 18.2 Å². The van der Waals surface area contributed by atoms with Gasteiger partial charge in [-0.05, 0) is 31.0 Å². The van der Waals surface area contributed by atoms with Crippen molar-refractivity contribution in [1.82, 2.24) is 0 Å². The van der Waals surface area contributed by atoms with Crippen molar-refractivity contribution in [2.75, 3.05) is 25.6 Å². The average molecular weight is 296 g/mol. The van der Waals surface area contributed by atoms with Crippen molar-refractivity contribution >= 4 is 17.6 Å². The molecule has 1 aliphatic rings. The second kappa shape index (κ2) is 6.19. The van der Waals surface area contributed by atoms with E-state index in [0.29, 0.717) is 26.1 Å². The van der Waals surface area contributed by atoms with Crippen LogP contribution in [0.25, 0.3) is 0 Å². The molecule has 1 aromatic rings. The van der Waals surface area contributed by atoms with Gasteiger partial charge >= 0.3 is 5.97 Å². The van der Waals surface area contributed by atoms with Crippen LogP contribution < -0.4 is 11.1 Å². The normalized spacial score (nSPS) is 17.1. The summed E-state index contributed by atoms with van der Waals surface area (Å²) in [5.74, 6) is -1.76. The molecule has 2 rings (SSSR count). The Morgan fingerprint density at radius 2 is 2.05 bits per heavy atom. The van der Waals surface area contributed by atoms with Gasteiger partial charge in [-0.3, -0.25) is 4.79 Å². The Morgan fingerprint density at radius 3 is 2.67 bits per heavy atom. The average Bonchev–Trinajstić information content (AvgIpc) is 2.49. The predicted octanol–water partition coefficient (Wildman–Crippen LogP) is 1.06. The fourth-order valence-corrected chi connectivity index (χ4v) is 2.11. The maximum Gasteiger partial charge on any atom is 0.340 e. The molecule has 1 heterocycles. The van der Waals surface area contributed by atoms with Crippen LogP contribution in [-0.4, -0.2) is 37.7 Å². The van der Waals surface area contributed by atoms with Gasteiger partial charge in [0.25, 0.3) is 0 Å². The van der Waals surface area contributed by atoms with E-state index in [1.54, 1.807) is 0 Å². The highest BCUT2D eigenvalue weighted by Crippen LogP contribution is 2.23. The van der Waals surface area contributed by atoms with E-state index >= 15 is 0 Å². The van der Waals surface area contributed by atoms with E-state index in [9.17, 15) is 14.0 Å². The molecular weight excluding hydrogens is 279 g/mol. The molecule has 6 nitrogen and oxygen atoms in total. The number of carbonyl (C=O) groups excluding carboxylic acids is 2. The van der Waals surface area contributed by atoms with Crippen molar-refractivity contribution in [1.29, 1.82) is 0 Å². The topological polar surface area (TPSA) is 90.7 Å². The van der Waals surface area contributed by atoms with Gasteiger partial charge < -0.3 is 20.5 Å². The minimum absolute atomic E-state index is 0.0542. The number of rotatable bonds is 3. The number of esters is 1. The van der Waals surface area contributed by atoms with Crippen LogP contribution >= 0.6 is 0 Å². The molecule has 7 heteroatoms. The number of halogens is 1. The second-order valence-electron chi connectivity index (χ2n) is 4.90. The smallest absolute Gasteiger partial charge is 0.340 e. The quantitative estimate of drug-likeness (QED) is 0.814. The molecule has 21 heavy (non-hydrogen) atoms. The number of hydrogen-bond acceptors (Lipinski definition) is 5. The van der Waals surface area contributed by atoms with Gasteiger partial charge in [0.15, 0.2) is 0 Å². The van der Waals surface area contributed by atoms with E-state index < -0.39 is 23.2 Å². The van der Waals surface area contributed by atoms with Gasteiger partial charge in [0.05, 0.1) is 18.4 Å². The molecule has 1 aromatic carbocycles. The van der Waals surface area contributed by atoms with Crippen LogP contribution in [-0.2, 0) is 14.3 Å². The fraction of sp³-hybridized carbons (Fsp3) is 0.429. The fourth-order valence-electron chi connectivity index (χ4n) is 2.11. The summed E-state index contributed by atoms with van der Waals surface area (Å²) in [4.78, 5) is 23.9. The van der Waals surface area contributed by atoms with Gasteiger partial charge in [-0.2, -0.15) is 0 Å². The minimum Gasteiger partial charge on any atom is -0.465 e. The standard InChI is InChI=1S/C14H17FN2O4/c1-20-12(18)10-8-9(15)2-3-11(10)17-13(19)14(16)4-6-21-7-5-14/h2-3,8H,4-7,16H2,1H3,(H,17,19). The number of anilines is 1. The van der Waals surface area contributed by atoms with Gasteiger partial charge in [0.2, 0.25) is 5.91 Å². The molecule has 1 saturated heterocycles.